The monoisotopic (exact) mass is 228 g/mol. The van der Waals surface area contributed by atoms with Gasteiger partial charge in [0.25, 0.3) is 0 Å². The molecule has 0 unspecified atom stereocenters. The van der Waals surface area contributed by atoms with Crippen LogP contribution in [0.1, 0.15) is 37.7 Å². The fourth-order valence-electron chi connectivity index (χ4n) is 1.49. The van der Waals surface area contributed by atoms with Crippen LogP contribution in [0.25, 0.3) is 0 Å². The minimum Gasteiger partial charge on any atom is -0.245 e. The van der Waals surface area contributed by atoms with Crippen LogP contribution in [-0.4, -0.2) is 19.9 Å². The number of rotatable bonds is 2. The van der Waals surface area contributed by atoms with E-state index in [0.29, 0.717) is 0 Å². The van der Waals surface area contributed by atoms with E-state index in [1.807, 2.05) is 24.8 Å². The number of hydrogen-bond acceptors (Lipinski definition) is 4. The van der Waals surface area contributed by atoms with E-state index in [0.717, 1.165) is 23.4 Å². The summed E-state index contributed by atoms with van der Waals surface area (Å²) in [5, 5.41) is 0. The van der Waals surface area contributed by atoms with Crippen molar-refractivity contribution in [2.75, 3.05) is 0 Å². The van der Waals surface area contributed by atoms with Crippen molar-refractivity contribution in [1.29, 1.82) is 0 Å². The van der Waals surface area contributed by atoms with Gasteiger partial charge in [0.2, 0.25) is 0 Å². The van der Waals surface area contributed by atoms with Gasteiger partial charge in [0.15, 0.2) is 0 Å². The highest BCUT2D eigenvalue weighted by Crippen LogP contribution is 2.17. The summed E-state index contributed by atoms with van der Waals surface area (Å²) in [5.74, 6) is 0.866. The lowest BCUT2D eigenvalue weighted by molar-refractivity contribution is 0.544. The lowest BCUT2D eigenvalue weighted by Crippen LogP contribution is -2.15. The molecule has 0 radical (unpaired) electrons. The van der Waals surface area contributed by atoms with Crippen LogP contribution in [0.15, 0.2) is 31.1 Å². The molecule has 2 aromatic rings. The second-order valence-electron chi connectivity index (χ2n) is 5.09. The molecule has 0 saturated carbocycles. The highest BCUT2D eigenvalue weighted by Gasteiger charge is 2.16. The SMILES string of the molecule is CC(C)(C)c1ncc(Cc2cncnc2)cn1. The maximum Gasteiger partial charge on any atom is 0.133 e. The molecule has 0 amide bonds. The lowest BCUT2D eigenvalue weighted by atomic mass is 9.95. The molecule has 2 rings (SSSR count). The van der Waals surface area contributed by atoms with Crippen molar-refractivity contribution in [2.24, 2.45) is 0 Å². The average Bonchev–Trinajstić information content (AvgIpc) is 2.30. The predicted octanol–water partition coefficient (Wildman–Crippen LogP) is 2.15. The smallest absolute Gasteiger partial charge is 0.133 e. The molecule has 2 aromatic heterocycles. The van der Waals surface area contributed by atoms with Gasteiger partial charge < -0.3 is 0 Å². The van der Waals surface area contributed by atoms with Gasteiger partial charge in [0, 0.05) is 36.6 Å². The van der Waals surface area contributed by atoms with Crippen molar-refractivity contribution in [2.45, 2.75) is 32.6 Å². The Labute approximate surface area is 101 Å². The van der Waals surface area contributed by atoms with Crippen LogP contribution < -0.4 is 0 Å². The Morgan fingerprint density at radius 1 is 0.882 bits per heavy atom. The van der Waals surface area contributed by atoms with E-state index in [4.69, 9.17) is 0 Å². The van der Waals surface area contributed by atoms with Crippen LogP contribution in [0, 0.1) is 0 Å². The van der Waals surface area contributed by atoms with Crippen molar-refractivity contribution in [3.63, 3.8) is 0 Å². The van der Waals surface area contributed by atoms with Crippen LogP contribution in [0.3, 0.4) is 0 Å². The van der Waals surface area contributed by atoms with Gasteiger partial charge in [-0.25, -0.2) is 19.9 Å². The average molecular weight is 228 g/mol. The van der Waals surface area contributed by atoms with Gasteiger partial charge in [-0.2, -0.15) is 0 Å². The Kier molecular flexibility index (Phi) is 3.13. The van der Waals surface area contributed by atoms with Crippen LogP contribution in [-0.2, 0) is 11.8 Å². The molecule has 0 spiro atoms. The summed E-state index contributed by atoms with van der Waals surface area (Å²) in [6.07, 6.45) is 9.67. The molecule has 2 heterocycles. The van der Waals surface area contributed by atoms with E-state index >= 15 is 0 Å². The molecule has 0 fully saturated rings. The second kappa shape index (κ2) is 4.57. The molecule has 0 saturated heterocycles. The second-order valence-corrected chi connectivity index (χ2v) is 5.09. The van der Waals surface area contributed by atoms with E-state index in [2.05, 4.69) is 40.7 Å². The summed E-state index contributed by atoms with van der Waals surface area (Å²) < 4.78 is 0. The minimum atomic E-state index is -0.00557. The number of hydrogen-bond donors (Lipinski definition) is 0. The molecule has 0 aliphatic rings. The van der Waals surface area contributed by atoms with Crippen LogP contribution >= 0.6 is 0 Å². The molecule has 0 aliphatic heterocycles. The Morgan fingerprint density at radius 2 is 1.41 bits per heavy atom. The van der Waals surface area contributed by atoms with E-state index in [-0.39, 0.29) is 5.41 Å². The Morgan fingerprint density at radius 3 is 1.94 bits per heavy atom. The normalized spacial score (nSPS) is 11.5. The van der Waals surface area contributed by atoms with Gasteiger partial charge in [-0.15, -0.1) is 0 Å². The Hall–Kier alpha value is -1.84. The first-order valence-corrected chi connectivity index (χ1v) is 5.61. The molecule has 0 aliphatic carbocycles. The molecule has 0 N–H and O–H groups in total. The van der Waals surface area contributed by atoms with Crippen molar-refractivity contribution in [3.8, 4) is 0 Å². The summed E-state index contributed by atoms with van der Waals surface area (Å²) in [7, 11) is 0. The molecule has 0 atom stereocenters. The maximum atomic E-state index is 4.39. The molecule has 0 aromatic carbocycles. The summed E-state index contributed by atoms with van der Waals surface area (Å²) in [4.78, 5) is 16.8. The number of aromatic nitrogens is 4. The highest BCUT2D eigenvalue weighted by atomic mass is 14.9. The van der Waals surface area contributed by atoms with E-state index in [9.17, 15) is 0 Å². The first kappa shape index (κ1) is 11.6. The number of nitrogens with zero attached hydrogens (tertiary/aromatic N) is 4. The van der Waals surface area contributed by atoms with Gasteiger partial charge >= 0.3 is 0 Å². The first-order chi connectivity index (χ1) is 8.05. The first-order valence-electron chi connectivity index (χ1n) is 5.61. The summed E-state index contributed by atoms with van der Waals surface area (Å²) in [5.41, 5.74) is 2.14. The van der Waals surface area contributed by atoms with Crippen LogP contribution in [0.2, 0.25) is 0 Å². The largest absolute Gasteiger partial charge is 0.245 e. The molecule has 17 heavy (non-hydrogen) atoms. The molecule has 0 bridgehead atoms. The summed E-state index contributed by atoms with van der Waals surface area (Å²) in [6.45, 7) is 6.31. The quantitative estimate of drug-likeness (QED) is 0.790. The standard InChI is InChI=1S/C13H16N4/c1-13(2,3)12-16-7-11(8-17-12)4-10-5-14-9-15-6-10/h5-9H,4H2,1-3H3. The van der Waals surface area contributed by atoms with Crippen LogP contribution in [0.5, 0.6) is 0 Å². The minimum absolute atomic E-state index is 0.00557. The molecular formula is C13H16N4. The fraction of sp³-hybridized carbons (Fsp3) is 0.385. The lowest BCUT2D eigenvalue weighted by Gasteiger charge is -2.15. The zero-order valence-electron chi connectivity index (χ0n) is 10.4. The maximum absolute atomic E-state index is 4.39. The molecule has 88 valence electrons. The third-order valence-electron chi connectivity index (χ3n) is 2.40. The fourth-order valence-corrected chi connectivity index (χ4v) is 1.49. The third-order valence-corrected chi connectivity index (χ3v) is 2.40. The highest BCUT2D eigenvalue weighted by molar-refractivity contribution is 5.18. The Bertz CT molecular complexity index is 471. The molecular weight excluding hydrogens is 212 g/mol. The molecule has 4 nitrogen and oxygen atoms in total. The Balaban J connectivity index is 2.14. The van der Waals surface area contributed by atoms with Gasteiger partial charge in [0.1, 0.15) is 12.2 Å². The topological polar surface area (TPSA) is 51.6 Å². The van der Waals surface area contributed by atoms with Crippen molar-refractivity contribution < 1.29 is 0 Å². The van der Waals surface area contributed by atoms with E-state index in [1.54, 1.807) is 0 Å². The third kappa shape index (κ3) is 3.06. The summed E-state index contributed by atoms with van der Waals surface area (Å²) in [6, 6.07) is 0. The van der Waals surface area contributed by atoms with Crippen molar-refractivity contribution in [3.05, 3.63) is 48.1 Å². The van der Waals surface area contributed by atoms with E-state index < -0.39 is 0 Å². The molecule has 4 heteroatoms. The van der Waals surface area contributed by atoms with Crippen molar-refractivity contribution >= 4 is 0 Å². The summed E-state index contributed by atoms with van der Waals surface area (Å²) >= 11 is 0. The van der Waals surface area contributed by atoms with E-state index in [1.165, 1.54) is 6.33 Å². The zero-order chi connectivity index (χ0) is 12.3. The zero-order valence-corrected chi connectivity index (χ0v) is 10.4. The van der Waals surface area contributed by atoms with Gasteiger partial charge in [-0.1, -0.05) is 20.8 Å². The predicted molar refractivity (Wildman–Crippen MR) is 65.6 cm³/mol. The van der Waals surface area contributed by atoms with Crippen LogP contribution in [0.4, 0.5) is 0 Å². The van der Waals surface area contributed by atoms with Gasteiger partial charge in [-0.3, -0.25) is 0 Å². The van der Waals surface area contributed by atoms with Gasteiger partial charge in [0.05, 0.1) is 0 Å². The van der Waals surface area contributed by atoms with Crippen molar-refractivity contribution in [1.82, 2.24) is 19.9 Å². The van der Waals surface area contributed by atoms with Gasteiger partial charge in [-0.05, 0) is 11.1 Å².